The third-order valence-electron chi connectivity index (χ3n) is 3.90. The Balaban J connectivity index is 2.14. The average Bonchev–Trinajstić information content (AvgIpc) is 2.84. The van der Waals surface area contributed by atoms with E-state index < -0.39 is 11.9 Å². The molecule has 0 radical (unpaired) electrons. The van der Waals surface area contributed by atoms with Crippen LogP contribution in [0.5, 0.6) is 0 Å². The van der Waals surface area contributed by atoms with Crippen LogP contribution in [0, 0.1) is 17.8 Å². The topological polar surface area (TPSA) is 84.9 Å². The highest BCUT2D eigenvalue weighted by Gasteiger charge is 2.40. The lowest BCUT2D eigenvalue weighted by Gasteiger charge is -2.15. The summed E-state index contributed by atoms with van der Waals surface area (Å²) >= 11 is 0. The average molecular weight is 301 g/mol. The minimum absolute atomic E-state index is 0.118. The van der Waals surface area contributed by atoms with Crippen molar-refractivity contribution in [3.63, 3.8) is 0 Å². The van der Waals surface area contributed by atoms with Crippen molar-refractivity contribution in [3.05, 3.63) is 0 Å². The van der Waals surface area contributed by atoms with Gasteiger partial charge in [-0.15, -0.1) is 0 Å². The first-order valence-electron chi connectivity index (χ1n) is 7.63. The number of carbonyl (C=O) groups excluding carboxylic acids is 1. The number of rotatable bonds is 10. The molecule has 0 aromatic heterocycles. The van der Waals surface area contributed by atoms with Crippen LogP contribution in [-0.2, 0) is 19.1 Å². The van der Waals surface area contributed by atoms with Crippen LogP contribution in [0.15, 0.2) is 0 Å². The van der Waals surface area contributed by atoms with Gasteiger partial charge in [-0.3, -0.25) is 9.59 Å². The Labute approximate surface area is 126 Å². The molecule has 3 atom stereocenters. The summed E-state index contributed by atoms with van der Waals surface area (Å²) in [5.41, 5.74) is 0. The van der Waals surface area contributed by atoms with E-state index >= 15 is 0 Å². The van der Waals surface area contributed by atoms with Crippen molar-refractivity contribution in [2.24, 2.45) is 17.8 Å². The summed E-state index contributed by atoms with van der Waals surface area (Å²) in [6, 6.07) is 0. The quantitative estimate of drug-likeness (QED) is 0.594. The number of aliphatic carboxylic acids is 1. The Bertz CT molecular complexity index is 334. The zero-order valence-electron chi connectivity index (χ0n) is 13.0. The Morgan fingerprint density at radius 1 is 1.14 bits per heavy atom. The minimum Gasteiger partial charge on any atom is -0.481 e. The number of hydrogen-bond donors (Lipinski definition) is 2. The monoisotopic (exact) mass is 301 g/mol. The molecule has 122 valence electrons. The smallest absolute Gasteiger partial charge is 0.307 e. The molecule has 3 unspecified atom stereocenters. The van der Waals surface area contributed by atoms with Gasteiger partial charge in [0.25, 0.3) is 0 Å². The standard InChI is InChI=1S/C15H27NO5/c1-11-9-12(13(10-11)15(18)19)14(17)16-5-3-4-6-21-8-7-20-2/h11-13H,3-10H2,1-2H3,(H,16,17)(H,18,19). The van der Waals surface area contributed by atoms with Gasteiger partial charge < -0.3 is 19.9 Å². The molecule has 2 N–H and O–H groups in total. The predicted molar refractivity (Wildman–Crippen MR) is 78.0 cm³/mol. The maximum Gasteiger partial charge on any atom is 0.307 e. The number of methoxy groups -OCH3 is 1. The molecule has 0 bridgehead atoms. The Morgan fingerprint density at radius 3 is 2.52 bits per heavy atom. The highest BCUT2D eigenvalue weighted by molar-refractivity contribution is 5.85. The SMILES string of the molecule is COCCOCCCCNC(=O)C1CC(C)CC1C(=O)O. The molecule has 0 spiro atoms. The van der Waals surface area contributed by atoms with Crippen molar-refractivity contribution in [1.82, 2.24) is 5.32 Å². The summed E-state index contributed by atoms with van der Waals surface area (Å²) in [5.74, 6) is -1.58. The van der Waals surface area contributed by atoms with E-state index in [4.69, 9.17) is 14.6 Å². The van der Waals surface area contributed by atoms with Crippen molar-refractivity contribution >= 4 is 11.9 Å². The van der Waals surface area contributed by atoms with E-state index in [1.807, 2.05) is 6.92 Å². The first-order chi connectivity index (χ1) is 10.1. The van der Waals surface area contributed by atoms with E-state index in [0.717, 1.165) is 12.8 Å². The molecule has 1 rings (SSSR count). The summed E-state index contributed by atoms with van der Waals surface area (Å²) in [4.78, 5) is 23.2. The molecular weight excluding hydrogens is 274 g/mol. The van der Waals surface area contributed by atoms with Crippen LogP contribution >= 0.6 is 0 Å². The normalized spacial score (nSPS) is 25.0. The molecule has 0 heterocycles. The van der Waals surface area contributed by atoms with Crippen LogP contribution in [0.3, 0.4) is 0 Å². The lowest BCUT2D eigenvalue weighted by atomic mass is 9.95. The number of nitrogens with one attached hydrogen (secondary N) is 1. The molecule has 21 heavy (non-hydrogen) atoms. The van der Waals surface area contributed by atoms with Gasteiger partial charge in [-0.2, -0.15) is 0 Å². The Hall–Kier alpha value is -1.14. The van der Waals surface area contributed by atoms with Crippen LogP contribution in [0.1, 0.15) is 32.6 Å². The number of unbranched alkanes of at least 4 members (excludes halogenated alkanes) is 1. The number of hydrogen-bond acceptors (Lipinski definition) is 4. The van der Waals surface area contributed by atoms with Crippen molar-refractivity contribution in [2.75, 3.05) is 33.5 Å². The fourth-order valence-electron chi connectivity index (χ4n) is 2.77. The highest BCUT2D eigenvalue weighted by atomic mass is 16.5. The second-order valence-corrected chi connectivity index (χ2v) is 5.73. The zero-order chi connectivity index (χ0) is 15.7. The molecule has 1 fully saturated rings. The maximum absolute atomic E-state index is 12.1. The molecule has 1 aliphatic rings. The van der Waals surface area contributed by atoms with Gasteiger partial charge in [-0.05, 0) is 31.6 Å². The van der Waals surface area contributed by atoms with Crippen LogP contribution in [0.4, 0.5) is 0 Å². The van der Waals surface area contributed by atoms with Gasteiger partial charge in [0.2, 0.25) is 5.91 Å². The molecule has 0 aromatic carbocycles. The number of carboxylic acid groups (broad SMARTS) is 1. The first-order valence-corrected chi connectivity index (χ1v) is 7.63. The van der Waals surface area contributed by atoms with Crippen molar-refractivity contribution in [3.8, 4) is 0 Å². The number of ether oxygens (including phenoxy) is 2. The largest absolute Gasteiger partial charge is 0.481 e. The van der Waals surface area contributed by atoms with Gasteiger partial charge >= 0.3 is 5.97 Å². The van der Waals surface area contributed by atoms with E-state index in [2.05, 4.69) is 5.32 Å². The third kappa shape index (κ3) is 6.44. The van der Waals surface area contributed by atoms with Crippen molar-refractivity contribution in [1.29, 1.82) is 0 Å². The number of carboxylic acids is 1. The summed E-state index contributed by atoms with van der Waals surface area (Å²) in [6.45, 7) is 4.40. The molecule has 0 saturated heterocycles. The van der Waals surface area contributed by atoms with Gasteiger partial charge in [0, 0.05) is 20.3 Å². The van der Waals surface area contributed by atoms with Crippen LogP contribution in [0.2, 0.25) is 0 Å². The fraction of sp³-hybridized carbons (Fsp3) is 0.867. The Kier molecular flexibility index (Phi) is 8.30. The molecule has 1 saturated carbocycles. The highest BCUT2D eigenvalue weighted by Crippen LogP contribution is 2.36. The van der Waals surface area contributed by atoms with Crippen LogP contribution in [-0.4, -0.2) is 50.5 Å². The molecule has 0 aliphatic heterocycles. The second-order valence-electron chi connectivity index (χ2n) is 5.73. The van der Waals surface area contributed by atoms with Gasteiger partial charge in [-0.1, -0.05) is 6.92 Å². The summed E-state index contributed by atoms with van der Waals surface area (Å²) in [6.07, 6.45) is 2.97. The molecule has 6 heteroatoms. The lowest BCUT2D eigenvalue weighted by molar-refractivity contribution is -0.146. The fourth-order valence-corrected chi connectivity index (χ4v) is 2.77. The first kappa shape index (κ1) is 17.9. The number of carbonyl (C=O) groups is 2. The predicted octanol–water partition coefficient (Wildman–Crippen LogP) is 1.29. The van der Waals surface area contributed by atoms with Crippen molar-refractivity contribution < 1.29 is 24.2 Å². The molecule has 1 amide bonds. The van der Waals surface area contributed by atoms with E-state index in [0.29, 0.717) is 45.1 Å². The maximum atomic E-state index is 12.1. The zero-order valence-corrected chi connectivity index (χ0v) is 13.0. The molecular formula is C15H27NO5. The molecule has 1 aliphatic carbocycles. The summed E-state index contributed by atoms with van der Waals surface area (Å²) < 4.78 is 10.2. The van der Waals surface area contributed by atoms with E-state index in [9.17, 15) is 9.59 Å². The van der Waals surface area contributed by atoms with Crippen molar-refractivity contribution in [2.45, 2.75) is 32.6 Å². The Morgan fingerprint density at radius 2 is 1.86 bits per heavy atom. The number of amides is 1. The van der Waals surface area contributed by atoms with E-state index in [-0.39, 0.29) is 11.8 Å². The minimum atomic E-state index is -0.856. The summed E-state index contributed by atoms with van der Waals surface area (Å²) in [5, 5.41) is 12.0. The van der Waals surface area contributed by atoms with E-state index in [1.165, 1.54) is 0 Å². The summed E-state index contributed by atoms with van der Waals surface area (Å²) in [7, 11) is 1.63. The third-order valence-corrected chi connectivity index (χ3v) is 3.90. The van der Waals surface area contributed by atoms with E-state index in [1.54, 1.807) is 7.11 Å². The molecule has 0 aromatic rings. The van der Waals surface area contributed by atoms with Gasteiger partial charge in [-0.25, -0.2) is 0 Å². The van der Waals surface area contributed by atoms with Gasteiger partial charge in [0.15, 0.2) is 0 Å². The second kappa shape index (κ2) is 9.73. The van der Waals surface area contributed by atoms with Gasteiger partial charge in [0.1, 0.15) is 0 Å². The van der Waals surface area contributed by atoms with Crippen LogP contribution in [0.25, 0.3) is 0 Å². The van der Waals surface area contributed by atoms with Crippen LogP contribution < -0.4 is 5.32 Å². The van der Waals surface area contributed by atoms with Gasteiger partial charge in [0.05, 0.1) is 25.0 Å². The molecule has 6 nitrogen and oxygen atoms in total. The lowest BCUT2D eigenvalue weighted by Crippen LogP contribution is -2.35.